The normalized spacial score (nSPS) is 15.1. The van der Waals surface area contributed by atoms with Crippen molar-refractivity contribution in [3.63, 3.8) is 0 Å². The number of benzene rings is 3. The molecule has 1 saturated heterocycles. The van der Waals surface area contributed by atoms with Crippen LogP contribution in [0, 0.1) is 0 Å². The summed E-state index contributed by atoms with van der Waals surface area (Å²) in [4.78, 5) is 29.9. The monoisotopic (exact) mass is 428 g/mol. The second-order valence-electron chi connectivity index (χ2n) is 7.86. The van der Waals surface area contributed by atoms with Crippen LogP contribution in [0.2, 0.25) is 0 Å². The van der Waals surface area contributed by atoms with Crippen LogP contribution in [0.15, 0.2) is 66.7 Å². The van der Waals surface area contributed by atoms with Crippen LogP contribution in [0.3, 0.4) is 0 Å². The van der Waals surface area contributed by atoms with Gasteiger partial charge in [0, 0.05) is 37.4 Å². The number of hydrogen-bond donors (Lipinski definition) is 2. The molecule has 1 fully saturated rings. The number of carbonyl (C=O) groups is 2. The summed E-state index contributed by atoms with van der Waals surface area (Å²) in [5.74, 6) is 0.609. The molecule has 7 heteroatoms. The van der Waals surface area contributed by atoms with E-state index in [0.29, 0.717) is 29.9 Å². The quantitative estimate of drug-likeness (QED) is 0.661. The van der Waals surface area contributed by atoms with Crippen LogP contribution in [-0.4, -0.2) is 50.0 Å². The summed E-state index contributed by atoms with van der Waals surface area (Å²) in [6.45, 7) is 2.79. The fourth-order valence-electron chi connectivity index (χ4n) is 4.16. The number of ether oxygens (including phenoxy) is 1. The van der Waals surface area contributed by atoms with Gasteiger partial charge in [0.05, 0.1) is 29.7 Å². The average Bonchev–Trinajstić information content (AvgIpc) is 2.99. The second kappa shape index (κ2) is 8.26. The molecule has 2 N–H and O–H groups in total. The molecule has 0 radical (unpaired) electrons. The number of fused-ring (bicyclic) bond motifs is 2. The molecule has 3 aromatic carbocycles. The number of hydrogen-bond acceptors (Lipinski definition) is 5. The minimum Gasteiger partial charge on any atom is -0.497 e. The first-order valence-corrected chi connectivity index (χ1v) is 10.6. The maximum absolute atomic E-state index is 13.2. The fraction of sp³-hybridized carbons (Fsp3) is 0.200. The number of anilines is 4. The van der Waals surface area contributed by atoms with Gasteiger partial charge in [0.25, 0.3) is 11.8 Å². The van der Waals surface area contributed by atoms with Gasteiger partial charge in [0.1, 0.15) is 5.75 Å². The number of amides is 2. The minimum atomic E-state index is -0.190. The summed E-state index contributed by atoms with van der Waals surface area (Å²) in [6, 6.07) is 20.7. The van der Waals surface area contributed by atoms with Gasteiger partial charge in [0.15, 0.2) is 0 Å². The van der Waals surface area contributed by atoms with Crippen molar-refractivity contribution < 1.29 is 14.3 Å². The van der Waals surface area contributed by atoms with E-state index in [2.05, 4.69) is 15.5 Å². The average molecular weight is 428 g/mol. The molecule has 0 aliphatic carbocycles. The van der Waals surface area contributed by atoms with Crippen LogP contribution in [-0.2, 0) is 0 Å². The maximum atomic E-state index is 13.2. The van der Waals surface area contributed by atoms with Gasteiger partial charge in [-0.2, -0.15) is 0 Å². The van der Waals surface area contributed by atoms with Crippen LogP contribution >= 0.6 is 0 Å². The second-order valence-corrected chi connectivity index (χ2v) is 7.86. The largest absolute Gasteiger partial charge is 0.497 e. The van der Waals surface area contributed by atoms with E-state index < -0.39 is 0 Å². The molecule has 3 aromatic rings. The highest BCUT2D eigenvalue weighted by molar-refractivity contribution is 6.12. The highest BCUT2D eigenvalue weighted by Gasteiger charge is 2.24. The van der Waals surface area contributed by atoms with Gasteiger partial charge in [-0.3, -0.25) is 9.59 Å². The zero-order valence-electron chi connectivity index (χ0n) is 17.8. The Bertz CT molecular complexity index is 1170. The van der Waals surface area contributed by atoms with Crippen molar-refractivity contribution >= 4 is 34.6 Å². The summed E-state index contributed by atoms with van der Waals surface area (Å²) >= 11 is 0. The summed E-state index contributed by atoms with van der Waals surface area (Å²) in [6.07, 6.45) is 0. The number of nitrogens with zero attached hydrogens (tertiary/aromatic N) is 2. The summed E-state index contributed by atoms with van der Waals surface area (Å²) in [7, 11) is 1.65. The topological polar surface area (TPSA) is 73.9 Å². The lowest BCUT2D eigenvalue weighted by atomic mass is 10.1. The van der Waals surface area contributed by atoms with Gasteiger partial charge >= 0.3 is 0 Å². The molecule has 0 atom stereocenters. The molecule has 32 heavy (non-hydrogen) atoms. The Morgan fingerprint density at radius 3 is 2.34 bits per heavy atom. The summed E-state index contributed by atoms with van der Waals surface area (Å²) < 4.78 is 5.22. The number of nitrogens with one attached hydrogen (secondary N) is 2. The zero-order chi connectivity index (χ0) is 22.1. The molecule has 0 spiro atoms. The van der Waals surface area contributed by atoms with E-state index in [1.165, 1.54) is 0 Å². The Morgan fingerprint density at radius 2 is 1.59 bits per heavy atom. The first-order valence-electron chi connectivity index (χ1n) is 10.6. The van der Waals surface area contributed by atoms with E-state index in [1.54, 1.807) is 19.2 Å². The number of para-hydroxylation sites is 1. The van der Waals surface area contributed by atoms with Crippen molar-refractivity contribution in [3.05, 3.63) is 77.9 Å². The summed E-state index contributed by atoms with van der Waals surface area (Å²) in [5, 5.41) is 6.21. The molecular weight excluding hydrogens is 404 g/mol. The minimum absolute atomic E-state index is 0.0295. The Kier molecular flexibility index (Phi) is 5.15. The maximum Gasteiger partial charge on any atom is 0.257 e. The standard InChI is InChI=1S/C25H24N4O3/c1-32-19-9-7-18(8-10-19)28-12-14-29(15-13-28)25(31)17-6-11-22-23(16-17)27-24(30)20-4-2-3-5-21(20)26-22/h2-11,16,26H,12-15H2,1H3,(H,27,30). The Labute approximate surface area is 186 Å². The van der Waals surface area contributed by atoms with E-state index >= 15 is 0 Å². The predicted octanol–water partition coefficient (Wildman–Crippen LogP) is 3.97. The lowest BCUT2D eigenvalue weighted by molar-refractivity contribution is 0.0746. The molecule has 2 heterocycles. The van der Waals surface area contributed by atoms with Gasteiger partial charge in [-0.25, -0.2) is 0 Å². The van der Waals surface area contributed by atoms with Crippen LogP contribution < -0.4 is 20.3 Å². The molecule has 0 unspecified atom stereocenters. The lowest BCUT2D eigenvalue weighted by Gasteiger charge is -2.36. The molecule has 0 aromatic heterocycles. The third-order valence-corrected chi connectivity index (χ3v) is 5.96. The smallest absolute Gasteiger partial charge is 0.257 e. The van der Waals surface area contributed by atoms with Gasteiger partial charge in [-0.1, -0.05) is 12.1 Å². The fourth-order valence-corrected chi connectivity index (χ4v) is 4.16. The van der Waals surface area contributed by atoms with Crippen LogP contribution in [0.1, 0.15) is 20.7 Å². The van der Waals surface area contributed by atoms with Crippen molar-refractivity contribution in [2.75, 3.05) is 48.8 Å². The van der Waals surface area contributed by atoms with Crippen molar-refractivity contribution in [3.8, 4) is 5.75 Å². The van der Waals surface area contributed by atoms with Crippen molar-refractivity contribution in [2.45, 2.75) is 0 Å². The number of carbonyl (C=O) groups excluding carboxylic acids is 2. The Morgan fingerprint density at radius 1 is 0.844 bits per heavy atom. The number of piperazine rings is 1. The van der Waals surface area contributed by atoms with Crippen molar-refractivity contribution in [2.24, 2.45) is 0 Å². The predicted molar refractivity (Wildman–Crippen MR) is 125 cm³/mol. The third kappa shape index (κ3) is 3.73. The van der Waals surface area contributed by atoms with Crippen LogP contribution in [0.25, 0.3) is 0 Å². The molecule has 7 nitrogen and oxygen atoms in total. The van der Waals surface area contributed by atoms with E-state index in [0.717, 1.165) is 35.9 Å². The van der Waals surface area contributed by atoms with E-state index in [-0.39, 0.29) is 11.8 Å². The molecule has 0 saturated carbocycles. The molecule has 2 aliphatic heterocycles. The van der Waals surface area contributed by atoms with Crippen LogP contribution in [0.4, 0.5) is 22.7 Å². The zero-order valence-corrected chi connectivity index (χ0v) is 17.8. The molecular formula is C25H24N4O3. The van der Waals surface area contributed by atoms with Gasteiger partial charge in [-0.05, 0) is 54.6 Å². The number of methoxy groups -OCH3 is 1. The SMILES string of the molecule is COc1ccc(N2CCN(C(=O)c3ccc4c(c3)NC(=O)c3ccccc3N4)CC2)cc1. The van der Waals surface area contributed by atoms with E-state index in [9.17, 15) is 9.59 Å². The first kappa shape index (κ1) is 19.9. The van der Waals surface area contributed by atoms with Gasteiger partial charge in [-0.15, -0.1) is 0 Å². The van der Waals surface area contributed by atoms with E-state index in [1.807, 2.05) is 59.5 Å². The van der Waals surface area contributed by atoms with Gasteiger partial charge in [0.2, 0.25) is 0 Å². The molecule has 162 valence electrons. The lowest BCUT2D eigenvalue weighted by Crippen LogP contribution is -2.48. The Hall–Kier alpha value is -4.00. The molecule has 5 rings (SSSR count). The summed E-state index contributed by atoms with van der Waals surface area (Å²) in [5.41, 5.74) is 4.38. The van der Waals surface area contributed by atoms with E-state index in [4.69, 9.17) is 4.74 Å². The van der Waals surface area contributed by atoms with Gasteiger partial charge < -0.3 is 25.2 Å². The highest BCUT2D eigenvalue weighted by Crippen LogP contribution is 2.33. The molecule has 2 amide bonds. The van der Waals surface area contributed by atoms with Crippen molar-refractivity contribution in [1.82, 2.24) is 4.90 Å². The van der Waals surface area contributed by atoms with Crippen molar-refractivity contribution in [1.29, 1.82) is 0 Å². The number of rotatable bonds is 3. The van der Waals surface area contributed by atoms with Crippen LogP contribution in [0.5, 0.6) is 5.75 Å². The highest BCUT2D eigenvalue weighted by atomic mass is 16.5. The molecule has 0 bridgehead atoms. The first-order chi connectivity index (χ1) is 15.6. The Balaban J connectivity index is 1.29. The third-order valence-electron chi connectivity index (χ3n) is 5.96. The molecule has 2 aliphatic rings.